The van der Waals surface area contributed by atoms with Crippen molar-refractivity contribution in [3.8, 4) is 0 Å². The molecule has 2 heterocycles. The first-order valence-corrected chi connectivity index (χ1v) is 9.31. The van der Waals surface area contributed by atoms with Gasteiger partial charge in [-0.3, -0.25) is 14.2 Å². The van der Waals surface area contributed by atoms with Crippen LogP contribution in [-0.4, -0.2) is 31.8 Å². The molecule has 0 spiro atoms. The summed E-state index contributed by atoms with van der Waals surface area (Å²) in [5.74, 6) is 0.0433. The van der Waals surface area contributed by atoms with Gasteiger partial charge in [-0.15, -0.1) is 0 Å². The maximum absolute atomic E-state index is 12.7. The Kier molecular flexibility index (Phi) is 6.01. The molecule has 2 aromatic heterocycles. The summed E-state index contributed by atoms with van der Waals surface area (Å²) in [5.41, 5.74) is 2.65. The van der Waals surface area contributed by atoms with Gasteiger partial charge < -0.3 is 5.32 Å². The number of carbonyl (C=O) groups excluding carboxylic acids is 1. The highest BCUT2D eigenvalue weighted by Gasteiger charge is 2.11. The van der Waals surface area contributed by atoms with Gasteiger partial charge in [-0.1, -0.05) is 43.2 Å². The van der Waals surface area contributed by atoms with E-state index in [1.807, 2.05) is 25.1 Å². The lowest BCUT2D eigenvalue weighted by Gasteiger charge is -2.08. The smallest absolute Gasteiger partial charge is 0.264 e. The first-order chi connectivity index (χ1) is 13.1. The summed E-state index contributed by atoms with van der Waals surface area (Å²) >= 11 is 0. The van der Waals surface area contributed by atoms with Gasteiger partial charge >= 0.3 is 0 Å². The van der Waals surface area contributed by atoms with Gasteiger partial charge in [0.25, 0.3) is 5.56 Å². The van der Waals surface area contributed by atoms with Gasteiger partial charge in [-0.05, 0) is 18.9 Å². The maximum atomic E-state index is 12.7. The summed E-state index contributed by atoms with van der Waals surface area (Å²) in [4.78, 5) is 28.8. The average Bonchev–Trinajstić information content (AvgIpc) is 3.06. The van der Waals surface area contributed by atoms with Gasteiger partial charge in [-0.2, -0.15) is 5.10 Å². The van der Waals surface area contributed by atoms with E-state index < -0.39 is 0 Å². The van der Waals surface area contributed by atoms with Crippen LogP contribution in [0.5, 0.6) is 0 Å². The number of fused-ring (bicyclic) bond motifs is 1. The van der Waals surface area contributed by atoms with E-state index in [2.05, 4.69) is 28.4 Å². The molecule has 0 aliphatic heterocycles. The third kappa shape index (κ3) is 4.61. The number of aryl methyl sites for hydroxylation is 1. The molecule has 142 valence electrons. The van der Waals surface area contributed by atoms with Gasteiger partial charge in [0.2, 0.25) is 5.91 Å². The van der Waals surface area contributed by atoms with E-state index in [4.69, 9.17) is 0 Å². The molecule has 27 heavy (non-hydrogen) atoms. The molecule has 0 saturated heterocycles. The van der Waals surface area contributed by atoms with E-state index >= 15 is 0 Å². The summed E-state index contributed by atoms with van der Waals surface area (Å²) in [6.45, 7) is 5.50. The second-order valence-corrected chi connectivity index (χ2v) is 6.73. The largest absolute Gasteiger partial charge is 0.354 e. The number of benzene rings is 1. The Morgan fingerprint density at radius 2 is 2.15 bits per heavy atom. The van der Waals surface area contributed by atoms with Gasteiger partial charge in [0.1, 0.15) is 11.7 Å². The lowest BCUT2D eigenvalue weighted by atomic mass is 10.1. The molecule has 7 nitrogen and oxygen atoms in total. The third-order valence-electron chi connectivity index (χ3n) is 4.46. The van der Waals surface area contributed by atoms with Crippen LogP contribution in [0.25, 0.3) is 11.0 Å². The first kappa shape index (κ1) is 18.8. The van der Waals surface area contributed by atoms with Crippen LogP contribution in [0.2, 0.25) is 0 Å². The number of hydrogen-bond acceptors (Lipinski definition) is 4. The molecule has 0 bridgehead atoms. The minimum atomic E-state index is -0.111. The molecule has 0 aliphatic rings. The zero-order chi connectivity index (χ0) is 19.2. The molecule has 1 N–H and O–H groups in total. The molecule has 3 rings (SSSR count). The molecule has 0 radical (unpaired) electrons. The fraction of sp³-hybridized carbons (Fsp3) is 0.400. The van der Waals surface area contributed by atoms with Gasteiger partial charge in [0.15, 0.2) is 5.65 Å². The standard InChI is InChI=1S/C20H25N5O2/c1-3-4-8-18(26)21-9-10-25-19-17(12-23-25)20(27)24(14-22-19)13-16-7-5-6-15(2)11-16/h5-7,11-12,14H,3-4,8-10,13H2,1-2H3,(H,21,26). The van der Waals surface area contributed by atoms with Crippen LogP contribution in [0.3, 0.4) is 0 Å². The van der Waals surface area contributed by atoms with Crippen molar-refractivity contribution in [2.75, 3.05) is 6.54 Å². The van der Waals surface area contributed by atoms with E-state index in [9.17, 15) is 9.59 Å². The van der Waals surface area contributed by atoms with Crippen LogP contribution in [0.1, 0.15) is 37.3 Å². The molecule has 1 amide bonds. The molecule has 0 saturated carbocycles. The van der Waals surface area contributed by atoms with Gasteiger partial charge in [0, 0.05) is 13.0 Å². The van der Waals surface area contributed by atoms with E-state index in [1.165, 1.54) is 0 Å². The highest BCUT2D eigenvalue weighted by atomic mass is 16.1. The second kappa shape index (κ2) is 8.62. The third-order valence-corrected chi connectivity index (χ3v) is 4.46. The number of amides is 1. The SMILES string of the molecule is CCCCC(=O)NCCn1ncc2c(=O)n(Cc3cccc(C)c3)cnc21. The monoisotopic (exact) mass is 367 g/mol. The number of aromatic nitrogens is 4. The maximum Gasteiger partial charge on any atom is 0.264 e. The fourth-order valence-electron chi connectivity index (χ4n) is 3.01. The van der Waals surface area contributed by atoms with Gasteiger partial charge in [-0.25, -0.2) is 9.67 Å². The van der Waals surface area contributed by atoms with Crippen LogP contribution in [0, 0.1) is 6.92 Å². The first-order valence-electron chi connectivity index (χ1n) is 9.31. The summed E-state index contributed by atoms with van der Waals surface area (Å²) < 4.78 is 3.25. The topological polar surface area (TPSA) is 81.8 Å². The predicted octanol–water partition coefficient (Wildman–Crippen LogP) is 2.26. The van der Waals surface area contributed by atoms with Crippen molar-refractivity contribution in [3.63, 3.8) is 0 Å². The normalized spacial score (nSPS) is 11.0. The zero-order valence-corrected chi connectivity index (χ0v) is 15.8. The van der Waals surface area contributed by atoms with Crippen molar-refractivity contribution < 1.29 is 4.79 Å². The predicted molar refractivity (Wildman–Crippen MR) is 105 cm³/mol. The van der Waals surface area contributed by atoms with E-state index in [-0.39, 0.29) is 11.5 Å². The summed E-state index contributed by atoms with van der Waals surface area (Å²) in [7, 11) is 0. The average molecular weight is 367 g/mol. The van der Waals surface area contributed by atoms with Crippen molar-refractivity contribution in [2.24, 2.45) is 0 Å². The minimum Gasteiger partial charge on any atom is -0.354 e. The Balaban J connectivity index is 1.71. The molecule has 7 heteroatoms. The lowest BCUT2D eigenvalue weighted by molar-refractivity contribution is -0.121. The number of unbranched alkanes of at least 4 members (excludes halogenated alkanes) is 1. The van der Waals surface area contributed by atoms with E-state index in [1.54, 1.807) is 21.8 Å². The molecule has 3 aromatic rings. The molecule has 0 unspecified atom stereocenters. The van der Waals surface area contributed by atoms with Crippen LogP contribution in [0.4, 0.5) is 0 Å². The summed E-state index contributed by atoms with van der Waals surface area (Å²) in [6.07, 6.45) is 5.54. The van der Waals surface area contributed by atoms with Crippen LogP contribution in [-0.2, 0) is 17.9 Å². The quantitative estimate of drug-likeness (QED) is 0.662. The molecule has 1 aromatic carbocycles. The molecule has 0 fully saturated rings. The van der Waals surface area contributed by atoms with E-state index in [0.29, 0.717) is 37.1 Å². The van der Waals surface area contributed by atoms with Crippen molar-refractivity contribution in [1.29, 1.82) is 0 Å². The van der Waals surface area contributed by atoms with E-state index in [0.717, 1.165) is 24.0 Å². The molecular weight excluding hydrogens is 342 g/mol. The second-order valence-electron chi connectivity index (χ2n) is 6.73. The Morgan fingerprint density at radius 1 is 1.30 bits per heavy atom. The fourth-order valence-corrected chi connectivity index (χ4v) is 3.01. The number of carbonyl (C=O) groups is 1. The molecule has 0 atom stereocenters. The Morgan fingerprint density at radius 3 is 2.93 bits per heavy atom. The minimum absolute atomic E-state index is 0.0433. The van der Waals surface area contributed by atoms with Crippen molar-refractivity contribution >= 4 is 16.9 Å². The van der Waals surface area contributed by atoms with Crippen LogP contribution >= 0.6 is 0 Å². The number of rotatable bonds is 8. The zero-order valence-electron chi connectivity index (χ0n) is 15.8. The Labute approximate surface area is 158 Å². The van der Waals surface area contributed by atoms with Crippen molar-refractivity contribution in [3.05, 3.63) is 58.3 Å². The summed E-state index contributed by atoms with van der Waals surface area (Å²) in [5, 5.41) is 7.63. The van der Waals surface area contributed by atoms with Crippen molar-refractivity contribution in [1.82, 2.24) is 24.6 Å². The Bertz CT molecular complexity index is 989. The Hall–Kier alpha value is -2.96. The number of hydrogen-bond donors (Lipinski definition) is 1. The molecule has 0 aliphatic carbocycles. The van der Waals surface area contributed by atoms with Crippen LogP contribution < -0.4 is 10.9 Å². The highest BCUT2D eigenvalue weighted by Crippen LogP contribution is 2.08. The lowest BCUT2D eigenvalue weighted by Crippen LogP contribution is -2.27. The summed E-state index contributed by atoms with van der Waals surface area (Å²) in [6, 6.07) is 8.06. The number of nitrogens with one attached hydrogen (secondary N) is 1. The van der Waals surface area contributed by atoms with Crippen molar-refractivity contribution in [2.45, 2.75) is 46.2 Å². The highest BCUT2D eigenvalue weighted by molar-refractivity contribution is 5.76. The number of nitrogens with zero attached hydrogens (tertiary/aromatic N) is 4. The van der Waals surface area contributed by atoms with Crippen LogP contribution in [0.15, 0.2) is 41.6 Å². The molecular formula is C20H25N5O2. The van der Waals surface area contributed by atoms with Gasteiger partial charge in [0.05, 0.1) is 19.3 Å².